The average Bonchev–Trinajstić information content (AvgIpc) is 2.59. The van der Waals surface area contributed by atoms with Crippen LogP contribution in [0.5, 0.6) is 5.75 Å². The maximum Gasteiger partial charge on any atom is 0.116 e. The van der Waals surface area contributed by atoms with Crippen LogP contribution < -0.4 is 0 Å². The van der Waals surface area contributed by atoms with Gasteiger partial charge in [-0.1, -0.05) is 6.92 Å². The molecule has 0 aliphatic rings. The summed E-state index contributed by atoms with van der Waals surface area (Å²) < 4.78 is 0. The number of benzene rings is 1. The fourth-order valence-electron chi connectivity index (χ4n) is 1.51. The molecule has 0 aliphatic carbocycles. The smallest absolute Gasteiger partial charge is 0.116 e. The third kappa shape index (κ3) is 1.46. The Morgan fingerprint density at radius 2 is 2.14 bits per heavy atom. The van der Waals surface area contributed by atoms with E-state index in [1.165, 1.54) is 0 Å². The molecule has 0 radical (unpaired) electrons. The molecular formula is C11H13NO2. The second-order valence-electron chi connectivity index (χ2n) is 3.58. The van der Waals surface area contributed by atoms with Crippen LogP contribution in [0.2, 0.25) is 0 Å². The monoisotopic (exact) mass is 191 g/mol. The molecule has 3 nitrogen and oxygen atoms in total. The average molecular weight is 191 g/mol. The molecule has 2 aromatic rings. The van der Waals surface area contributed by atoms with Crippen molar-refractivity contribution in [2.24, 2.45) is 0 Å². The van der Waals surface area contributed by atoms with Crippen LogP contribution >= 0.6 is 0 Å². The Labute approximate surface area is 82.0 Å². The van der Waals surface area contributed by atoms with E-state index in [-0.39, 0.29) is 18.3 Å². The summed E-state index contributed by atoms with van der Waals surface area (Å²) in [6.07, 6.45) is 0. The lowest BCUT2D eigenvalue weighted by molar-refractivity contribution is 0.271. The van der Waals surface area contributed by atoms with E-state index in [1.807, 2.05) is 19.1 Å². The molecule has 74 valence electrons. The van der Waals surface area contributed by atoms with Gasteiger partial charge in [0, 0.05) is 22.5 Å². The number of aliphatic hydroxyl groups is 1. The number of phenolic OH excluding ortho intramolecular Hbond substituents is 1. The number of rotatable bonds is 2. The summed E-state index contributed by atoms with van der Waals surface area (Å²) >= 11 is 0. The van der Waals surface area contributed by atoms with Crippen molar-refractivity contribution in [1.29, 1.82) is 0 Å². The first kappa shape index (κ1) is 9.09. The summed E-state index contributed by atoms with van der Waals surface area (Å²) in [5, 5.41) is 19.2. The van der Waals surface area contributed by atoms with Crippen LogP contribution in [0.25, 0.3) is 10.9 Å². The molecule has 1 aromatic carbocycles. The molecule has 0 saturated carbocycles. The lowest BCUT2D eigenvalue weighted by Crippen LogP contribution is -1.98. The van der Waals surface area contributed by atoms with Gasteiger partial charge in [-0.05, 0) is 24.3 Å². The number of hydrogen-bond acceptors (Lipinski definition) is 2. The lowest BCUT2D eigenvalue weighted by atomic mass is 10.1. The third-order valence-electron chi connectivity index (χ3n) is 2.43. The molecule has 3 N–H and O–H groups in total. The second-order valence-corrected chi connectivity index (χ2v) is 3.58. The number of hydrogen-bond donors (Lipinski definition) is 3. The molecule has 0 saturated heterocycles. The zero-order valence-corrected chi connectivity index (χ0v) is 7.99. The van der Waals surface area contributed by atoms with Crippen molar-refractivity contribution in [2.75, 3.05) is 6.61 Å². The van der Waals surface area contributed by atoms with Crippen molar-refractivity contribution in [3.05, 3.63) is 30.0 Å². The number of aromatic hydroxyl groups is 1. The SMILES string of the molecule is CC(CO)c1cc2cc(O)ccc2[nH]1. The Balaban J connectivity index is 2.51. The molecule has 0 fully saturated rings. The second kappa shape index (κ2) is 3.35. The largest absolute Gasteiger partial charge is 0.508 e. The normalized spacial score (nSPS) is 13.3. The van der Waals surface area contributed by atoms with Gasteiger partial charge in [-0.25, -0.2) is 0 Å². The number of phenols is 1. The molecule has 0 amide bonds. The molecule has 14 heavy (non-hydrogen) atoms. The zero-order chi connectivity index (χ0) is 10.1. The van der Waals surface area contributed by atoms with Gasteiger partial charge in [0.25, 0.3) is 0 Å². The fourth-order valence-corrected chi connectivity index (χ4v) is 1.51. The Hall–Kier alpha value is -1.48. The summed E-state index contributed by atoms with van der Waals surface area (Å²) in [7, 11) is 0. The minimum atomic E-state index is 0.101. The Morgan fingerprint density at radius 3 is 2.86 bits per heavy atom. The summed E-state index contributed by atoms with van der Waals surface area (Å²) in [5.74, 6) is 0.365. The Kier molecular flexibility index (Phi) is 2.17. The summed E-state index contributed by atoms with van der Waals surface area (Å²) in [6.45, 7) is 2.07. The van der Waals surface area contributed by atoms with Crippen molar-refractivity contribution in [3.63, 3.8) is 0 Å². The topological polar surface area (TPSA) is 56.2 Å². The van der Waals surface area contributed by atoms with Crippen molar-refractivity contribution in [2.45, 2.75) is 12.8 Å². The van der Waals surface area contributed by atoms with Crippen LogP contribution in [0.4, 0.5) is 0 Å². The maximum atomic E-state index is 9.27. The van der Waals surface area contributed by atoms with E-state index >= 15 is 0 Å². The summed E-state index contributed by atoms with van der Waals surface area (Å²) in [5.41, 5.74) is 1.98. The fraction of sp³-hybridized carbons (Fsp3) is 0.273. The number of nitrogens with one attached hydrogen (secondary N) is 1. The number of aromatic amines is 1. The summed E-state index contributed by atoms with van der Waals surface area (Å²) in [6, 6.07) is 7.14. The molecule has 1 heterocycles. The Morgan fingerprint density at radius 1 is 1.36 bits per heavy atom. The lowest BCUT2D eigenvalue weighted by Gasteiger charge is -2.02. The van der Waals surface area contributed by atoms with Gasteiger partial charge in [-0.15, -0.1) is 0 Å². The van der Waals surface area contributed by atoms with E-state index in [2.05, 4.69) is 4.98 Å². The minimum Gasteiger partial charge on any atom is -0.508 e. The van der Waals surface area contributed by atoms with Crippen LogP contribution in [-0.2, 0) is 0 Å². The van der Waals surface area contributed by atoms with Gasteiger partial charge in [0.1, 0.15) is 5.75 Å². The highest BCUT2D eigenvalue weighted by Gasteiger charge is 2.07. The molecule has 1 unspecified atom stereocenters. The van der Waals surface area contributed by atoms with Crippen LogP contribution in [0.1, 0.15) is 18.5 Å². The first-order chi connectivity index (χ1) is 6.70. The van der Waals surface area contributed by atoms with Crippen LogP contribution in [0.15, 0.2) is 24.3 Å². The quantitative estimate of drug-likeness (QED) is 0.679. The highest BCUT2D eigenvalue weighted by Crippen LogP contribution is 2.23. The molecule has 1 aromatic heterocycles. The van der Waals surface area contributed by atoms with Gasteiger partial charge < -0.3 is 15.2 Å². The number of aliphatic hydroxyl groups excluding tert-OH is 1. The van der Waals surface area contributed by atoms with Gasteiger partial charge >= 0.3 is 0 Å². The van der Waals surface area contributed by atoms with Crippen molar-refractivity contribution in [3.8, 4) is 5.75 Å². The molecular weight excluding hydrogens is 178 g/mol. The third-order valence-corrected chi connectivity index (χ3v) is 2.43. The predicted molar refractivity (Wildman–Crippen MR) is 55.5 cm³/mol. The molecule has 0 spiro atoms. The van der Waals surface area contributed by atoms with Crippen LogP contribution in [0, 0.1) is 0 Å². The first-order valence-electron chi connectivity index (χ1n) is 4.63. The predicted octanol–water partition coefficient (Wildman–Crippen LogP) is 1.97. The van der Waals surface area contributed by atoms with Gasteiger partial charge in [0.2, 0.25) is 0 Å². The van der Waals surface area contributed by atoms with Gasteiger partial charge in [0.05, 0.1) is 6.61 Å². The Bertz CT molecular complexity index is 447. The number of H-pyrrole nitrogens is 1. The van der Waals surface area contributed by atoms with E-state index in [0.717, 1.165) is 16.6 Å². The zero-order valence-electron chi connectivity index (χ0n) is 7.99. The van der Waals surface area contributed by atoms with Gasteiger partial charge in [0.15, 0.2) is 0 Å². The molecule has 0 aliphatic heterocycles. The minimum absolute atomic E-state index is 0.101. The highest BCUT2D eigenvalue weighted by molar-refractivity contribution is 5.81. The van der Waals surface area contributed by atoms with Gasteiger partial charge in [-0.2, -0.15) is 0 Å². The molecule has 2 rings (SSSR count). The highest BCUT2D eigenvalue weighted by atomic mass is 16.3. The number of aromatic nitrogens is 1. The van der Waals surface area contributed by atoms with E-state index in [0.29, 0.717) is 0 Å². The van der Waals surface area contributed by atoms with Crippen molar-refractivity contribution in [1.82, 2.24) is 4.98 Å². The van der Waals surface area contributed by atoms with Crippen LogP contribution in [-0.4, -0.2) is 21.8 Å². The van der Waals surface area contributed by atoms with E-state index < -0.39 is 0 Å². The maximum absolute atomic E-state index is 9.27. The van der Waals surface area contributed by atoms with Crippen molar-refractivity contribution < 1.29 is 10.2 Å². The van der Waals surface area contributed by atoms with E-state index in [9.17, 15) is 5.11 Å². The summed E-state index contributed by atoms with van der Waals surface area (Å²) in [4.78, 5) is 3.20. The van der Waals surface area contributed by atoms with Crippen LogP contribution in [0.3, 0.4) is 0 Å². The molecule has 0 bridgehead atoms. The van der Waals surface area contributed by atoms with Gasteiger partial charge in [-0.3, -0.25) is 0 Å². The first-order valence-corrected chi connectivity index (χ1v) is 4.63. The van der Waals surface area contributed by atoms with Crippen molar-refractivity contribution >= 4 is 10.9 Å². The van der Waals surface area contributed by atoms with E-state index in [4.69, 9.17) is 5.11 Å². The molecule has 3 heteroatoms. The standard InChI is InChI=1S/C11H13NO2/c1-7(6-13)11-5-8-4-9(14)2-3-10(8)12-11/h2-5,7,12-14H,6H2,1H3. The molecule has 1 atom stereocenters. The van der Waals surface area contributed by atoms with E-state index in [1.54, 1.807) is 12.1 Å². The number of fused-ring (bicyclic) bond motifs is 1.